The number of hydrazine groups is 1. The molecule has 0 aliphatic carbocycles. The van der Waals surface area contributed by atoms with E-state index in [0.29, 0.717) is 5.56 Å². The van der Waals surface area contributed by atoms with Crippen molar-refractivity contribution in [2.45, 2.75) is 32.4 Å². The minimum atomic E-state index is -4.42. The minimum Gasteiger partial charge on any atom is -0.298 e. The van der Waals surface area contributed by atoms with Crippen LogP contribution in [-0.2, 0) is 12.6 Å². The molecule has 0 saturated heterocycles. The molecule has 0 atom stereocenters. The topological polar surface area (TPSA) is 41.1 Å². The summed E-state index contributed by atoms with van der Waals surface area (Å²) in [4.78, 5) is 12.0. The maximum Gasteiger partial charge on any atom is 0.416 e. The Morgan fingerprint density at radius 2 is 1.79 bits per heavy atom. The summed E-state index contributed by atoms with van der Waals surface area (Å²) in [5, 5.41) is 0. The number of rotatable bonds is 6. The summed E-state index contributed by atoms with van der Waals surface area (Å²) >= 11 is 0. The van der Waals surface area contributed by atoms with Gasteiger partial charge >= 0.3 is 6.18 Å². The normalized spacial score (nSPS) is 11.2. The summed E-state index contributed by atoms with van der Waals surface area (Å²) in [5.41, 5.74) is 5.89. The number of hydrogen-bond donors (Lipinski definition) is 2. The minimum absolute atomic E-state index is 0.165. The molecule has 2 N–H and O–H groups in total. The van der Waals surface area contributed by atoms with Crippen molar-refractivity contribution in [2.75, 3.05) is 5.43 Å². The van der Waals surface area contributed by atoms with Crippen LogP contribution in [0.5, 0.6) is 0 Å². The average molecular weight is 336 g/mol. The third-order valence-corrected chi connectivity index (χ3v) is 3.55. The molecule has 2 aromatic rings. The molecule has 0 radical (unpaired) electrons. The SMILES string of the molecule is CCCCc1ccc(C(=O)NNc2cccc(C(F)(F)F)c2)cc1. The quantitative estimate of drug-likeness (QED) is 0.744. The lowest BCUT2D eigenvalue weighted by Crippen LogP contribution is -2.29. The van der Waals surface area contributed by atoms with Crippen molar-refractivity contribution >= 4 is 11.6 Å². The molecule has 6 heteroatoms. The zero-order valence-electron chi connectivity index (χ0n) is 13.3. The molecule has 0 aliphatic rings. The Kier molecular flexibility index (Phi) is 5.84. The number of carbonyl (C=O) groups excluding carboxylic acids is 1. The van der Waals surface area contributed by atoms with E-state index in [-0.39, 0.29) is 5.69 Å². The van der Waals surface area contributed by atoms with Gasteiger partial charge in [-0.3, -0.25) is 15.6 Å². The van der Waals surface area contributed by atoms with Crippen LogP contribution in [0.3, 0.4) is 0 Å². The highest BCUT2D eigenvalue weighted by molar-refractivity contribution is 5.94. The summed E-state index contributed by atoms with van der Waals surface area (Å²) in [7, 11) is 0. The van der Waals surface area contributed by atoms with Crippen LogP contribution in [0.4, 0.5) is 18.9 Å². The number of halogens is 3. The van der Waals surface area contributed by atoms with Crippen LogP contribution in [0.15, 0.2) is 48.5 Å². The molecule has 0 heterocycles. The lowest BCUT2D eigenvalue weighted by Gasteiger charge is -2.11. The Labute approximate surface area is 138 Å². The van der Waals surface area contributed by atoms with Gasteiger partial charge in [0.05, 0.1) is 11.3 Å². The molecule has 24 heavy (non-hydrogen) atoms. The highest BCUT2D eigenvalue weighted by Crippen LogP contribution is 2.30. The van der Waals surface area contributed by atoms with E-state index in [4.69, 9.17) is 0 Å². The number of aryl methyl sites for hydroxylation is 1. The second-order valence-electron chi connectivity index (χ2n) is 5.46. The number of alkyl halides is 3. The summed E-state index contributed by atoms with van der Waals surface area (Å²) in [5.74, 6) is -0.408. The van der Waals surface area contributed by atoms with Crippen LogP contribution in [0.25, 0.3) is 0 Å². The van der Waals surface area contributed by atoms with E-state index in [1.54, 1.807) is 12.1 Å². The molecule has 2 aromatic carbocycles. The van der Waals surface area contributed by atoms with Gasteiger partial charge in [-0.05, 0) is 48.7 Å². The third-order valence-electron chi connectivity index (χ3n) is 3.55. The predicted octanol–water partition coefficient (Wildman–Crippen LogP) is 4.80. The van der Waals surface area contributed by atoms with Crippen molar-refractivity contribution in [1.29, 1.82) is 0 Å². The summed E-state index contributed by atoms with van der Waals surface area (Å²) in [6.45, 7) is 2.11. The van der Waals surface area contributed by atoms with E-state index in [0.717, 1.165) is 37.0 Å². The van der Waals surface area contributed by atoms with E-state index in [1.165, 1.54) is 12.1 Å². The number of unbranched alkanes of at least 4 members (excludes halogenated alkanes) is 1. The van der Waals surface area contributed by atoms with Gasteiger partial charge in [-0.15, -0.1) is 0 Å². The Morgan fingerprint density at radius 1 is 1.08 bits per heavy atom. The van der Waals surface area contributed by atoms with Gasteiger partial charge < -0.3 is 0 Å². The Hall–Kier alpha value is -2.50. The second-order valence-corrected chi connectivity index (χ2v) is 5.46. The van der Waals surface area contributed by atoms with Gasteiger partial charge in [-0.1, -0.05) is 31.5 Å². The molecule has 0 unspecified atom stereocenters. The molecule has 0 bridgehead atoms. The molecule has 1 amide bonds. The lowest BCUT2D eigenvalue weighted by atomic mass is 10.1. The van der Waals surface area contributed by atoms with E-state index in [1.807, 2.05) is 12.1 Å². The van der Waals surface area contributed by atoms with Gasteiger partial charge in [0, 0.05) is 5.56 Å². The highest BCUT2D eigenvalue weighted by atomic mass is 19.4. The summed E-state index contributed by atoms with van der Waals surface area (Å²) in [6.07, 6.45) is -1.28. The molecule has 0 saturated carbocycles. The molecule has 0 fully saturated rings. The molecular weight excluding hydrogens is 317 g/mol. The standard InChI is InChI=1S/C18H19F3N2O/c1-2-3-5-13-8-10-14(11-9-13)17(24)23-22-16-7-4-6-15(12-16)18(19,20)21/h4,6-12,22H,2-3,5H2,1H3,(H,23,24). The smallest absolute Gasteiger partial charge is 0.298 e. The van der Waals surface area contributed by atoms with Crippen molar-refractivity contribution in [3.63, 3.8) is 0 Å². The lowest BCUT2D eigenvalue weighted by molar-refractivity contribution is -0.137. The monoisotopic (exact) mass is 336 g/mol. The fraction of sp³-hybridized carbons (Fsp3) is 0.278. The van der Waals surface area contributed by atoms with Crippen molar-refractivity contribution in [3.8, 4) is 0 Å². The first-order valence-electron chi connectivity index (χ1n) is 7.72. The molecule has 2 rings (SSSR count). The number of amides is 1. The number of carbonyl (C=O) groups is 1. The maximum atomic E-state index is 12.6. The largest absolute Gasteiger partial charge is 0.416 e. The summed E-state index contributed by atoms with van der Waals surface area (Å²) in [6, 6.07) is 11.8. The van der Waals surface area contributed by atoms with E-state index in [9.17, 15) is 18.0 Å². The first-order chi connectivity index (χ1) is 11.4. The second kappa shape index (κ2) is 7.86. The first-order valence-corrected chi connectivity index (χ1v) is 7.72. The zero-order chi connectivity index (χ0) is 17.6. The Bertz CT molecular complexity index is 681. The van der Waals surface area contributed by atoms with Crippen molar-refractivity contribution < 1.29 is 18.0 Å². The van der Waals surface area contributed by atoms with Crippen molar-refractivity contribution in [1.82, 2.24) is 5.43 Å². The molecule has 3 nitrogen and oxygen atoms in total. The van der Waals surface area contributed by atoms with Crippen molar-refractivity contribution in [2.24, 2.45) is 0 Å². The highest BCUT2D eigenvalue weighted by Gasteiger charge is 2.30. The third kappa shape index (κ3) is 5.01. The first kappa shape index (κ1) is 17.8. The van der Waals surface area contributed by atoms with E-state index >= 15 is 0 Å². The van der Waals surface area contributed by atoms with Crippen LogP contribution in [0, 0.1) is 0 Å². The molecule has 0 aromatic heterocycles. The van der Waals surface area contributed by atoms with Gasteiger partial charge in [-0.2, -0.15) is 13.2 Å². The molecule has 128 valence electrons. The molecular formula is C18H19F3N2O. The predicted molar refractivity (Wildman–Crippen MR) is 87.6 cm³/mol. The Morgan fingerprint density at radius 3 is 2.42 bits per heavy atom. The van der Waals surface area contributed by atoms with E-state index < -0.39 is 17.6 Å². The number of nitrogens with one attached hydrogen (secondary N) is 2. The average Bonchev–Trinajstić information content (AvgIpc) is 2.58. The van der Waals surface area contributed by atoms with Crippen LogP contribution >= 0.6 is 0 Å². The van der Waals surface area contributed by atoms with Gasteiger partial charge in [0.25, 0.3) is 5.91 Å². The summed E-state index contributed by atoms with van der Waals surface area (Å²) < 4.78 is 37.9. The zero-order valence-corrected chi connectivity index (χ0v) is 13.3. The number of benzene rings is 2. The fourth-order valence-corrected chi connectivity index (χ4v) is 2.18. The Balaban J connectivity index is 1.95. The number of hydrogen-bond acceptors (Lipinski definition) is 2. The number of anilines is 1. The molecule has 0 spiro atoms. The van der Waals surface area contributed by atoms with Gasteiger partial charge in [0.15, 0.2) is 0 Å². The van der Waals surface area contributed by atoms with Gasteiger partial charge in [0.2, 0.25) is 0 Å². The molecule has 0 aliphatic heterocycles. The maximum absolute atomic E-state index is 12.6. The van der Waals surface area contributed by atoms with E-state index in [2.05, 4.69) is 17.8 Å². The van der Waals surface area contributed by atoms with Crippen LogP contribution < -0.4 is 10.9 Å². The van der Waals surface area contributed by atoms with Crippen molar-refractivity contribution in [3.05, 3.63) is 65.2 Å². The van der Waals surface area contributed by atoms with Crippen LogP contribution in [-0.4, -0.2) is 5.91 Å². The van der Waals surface area contributed by atoms with Gasteiger partial charge in [-0.25, -0.2) is 0 Å². The van der Waals surface area contributed by atoms with Crippen LogP contribution in [0.1, 0.15) is 41.3 Å². The fourth-order valence-electron chi connectivity index (χ4n) is 2.18. The van der Waals surface area contributed by atoms with Gasteiger partial charge in [0.1, 0.15) is 0 Å². The van der Waals surface area contributed by atoms with Crippen LogP contribution in [0.2, 0.25) is 0 Å².